The number of nitrogens with two attached hydrogens (primary N) is 1. The third-order valence-electron chi connectivity index (χ3n) is 5.44. The topological polar surface area (TPSA) is 105 Å². The Bertz CT molecular complexity index is 941. The van der Waals surface area contributed by atoms with Crippen LogP contribution in [0.2, 0.25) is 0 Å². The molecule has 1 unspecified atom stereocenters. The molecule has 144 valence electrons. The lowest BCUT2D eigenvalue weighted by atomic mass is 9.92. The second-order valence-corrected chi connectivity index (χ2v) is 7.23. The Balaban J connectivity index is 1.37. The zero-order valence-electron chi connectivity index (χ0n) is 15.4. The first kappa shape index (κ1) is 18.0. The molecule has 1 spiro atoms. The highest BCUT2D eigenvalue weighted by atomic mass is 16.2. The van der Waals surface area contributed by atoms with E-state index in [1.165, 1.54) is 0 Å². The number of hydrogen-bond acceptors (Lipinski definition) is 4. The fraction of sp³-hybridized carbons (Fsp3) is 0.286. The first-order chi connectivity index (χ1) is 13.5. The summed E-state index contributed by atoms with van der Waals surface area (Å²) in [6.45, 7) is 0.136. The van der Waals surface area contributed by atoms with Gasteiger partial charge in [0.25, 0.3) is 5.91 Å². The number of hydrogen-bond donors (Lipinski definition) is 3. The zero-order chi connectivity index (χ0) is 19.7. The minimum atomic E-state index is -1.03. The SMILES string of the molecule is Nc1ccc(CCNC(=O)CN2C(=O)NC3(CCc4ccccc43)C2=O)cc1. The van der Waals surface area contributed by atoms with Gasteiger partial charge in [-0.1, -0.05) is 36.4 Å². The summed E-state index contributed by atoms with van der Waals surface area (Å²) in [6, 6.07) is 14.5. The van der Waals surface area contributed by atoms with E-state index < -0.39 is 11.6 Å². The molecule has 0 saturated carbocycles. The van der Waals surface area contributed by atoms with Gasteiger partial charge >= 0.3 is 6.03 Å². The van der Waals surface area contributed by atoms with E-state index in [1.54, 1.807) is 0 Å². The highest BCUT2D eigenvalue weighted by molar-refractivity contribution is 6.09. The molecule has 0 radical (unpaired) electrons. The molecule has 1 atom stereocenters. The molecule has 7 heteroatoms. The Morgan fingerprint density at radius 1 is 1.14 bits per heavy atom. The average molecular weight is 378 g/mol. The monoisotopic (exact) mass is 378 g/mol. The van der Waals surface area contributed by atoms with Crippen molar-refractivity contribution in [1.29, 1.82) is 0 Å². The number of anilines is 1. The third kappa shape index (κ3) is 3.09. The highest BCUT2D eigenvalue weighted by Crippen LogP contribution is 2.41. The van der Waals surface area contributed by atoms with Crippen LogP contribution < -0.4 is 16.4 Å². The number of fused-ring (bicyclic) bond motifs is 2. The van der Waals surface area contributed by atoms with Crippen molar-refractivity contribution in [2.45, 2.75) is 24.8 Å². The number of imide groups is 1. The van der Waals surface area contributed by atoms with Crippen molar-refractivity contribution in [1.82, 2.24) is 15.5 Å². The van der Waals surface area contributed by atoms with Crippen molar-refractivity contribution < 1.29 is 14.4 Å². The Kier molecular flexibility index (Phi) is 4.50. The van der Waals surface area contributed by atoms with Crippen molar-refractivity contribution >= 4 is 23.5 Å². The second kappa shape index (κ2) is 6.99. The molecule has 4 amide bonds. The maximum absolute atomic E-state index is 13.0. The van der Waals surface area contributed by atoms with Crippen LogP contribution in [0.25, 0.3) is 0 Å². The van der Waals surface area contributed by atoms with Gasteiger partial charge in [-0.3, -0.25) is 14.5 Å². The van der Waals surface area contributed by atoms with E-state index in [1.807, 2.05) is 48.5 Å². The number of rotatable bonds is 5. The lowest BCUT2D eigenvalue weighted by molar-refractivity contribution is -0.135. The molecule has 4 rings (SSSR count). The lowest BCUT2D eigenvalue weighted by Gasteiger charge is -2.22. The van der Waals surface area contributed by atoms with Crippen LogP contribution in [0.4, 0.5) is 10.5 Å². The normalized spacial score (nSPS) is 20.4. The molecule has 7 nitrogen and oxygen atoms in total. The van der Waals surface area contributed by atoms with Gasteiger partial charge in [0.05, 0.1) is 0 Å². The summed E-state index contributed by atoms with van der Waals surface area (Å²) in [6.07, 6.45) is 1.89. The molecule has 1 saturated heterocycles. The van der Waals surface area contributed by atoms with E-state index in [0.717, 1.165) is 28.0 Å². The minimum Gasteiger partial charge on any atom is -0.399 e. The van der Waals surface area contributed by atoms with E-state index in [4.69, 9.17) is 5.73 Å². The summed E-state index contributed by atoms with van der Waals surface area (Å²) >= 11 is 0. The molecule has 4 N–H and O–H groups in total. The van der Waals surface area contributed by atoms with Crippen LogP contribution >= 0.6 is 0 Å². The summed E-state index contributed by atoms with van der Waals surface area (Å²) < 4.78 is 0. The van der Waals surface area contributed by atoms with Crippen molar-refractivity contribution in [3.8, 4) is 0 Å². The van der Waals surface area contributed by atoms with Gasteiger partial charge in [0.1, 0.15) is 12.1 Å². The lowest BCUT2D eigenvalue weighted by Crippen LogP contribution is -2.44. The molecular formula is C21H22N4O3. The van der Waals surface area contributed by atoms with Gasteiger partial charge in [-0.25, -0.2) is 4.79 Å². The molecule has 2 aliphatic rings. The molecule has 1 fully saturated rings. The first-order valence-electron chi connectivity index (χ1n) is 9.33. The van der Waals surface area contributed by atoms with Gasteiger partial charge in [0, 0.05) is 12.2 Å². The minimum absolute atomic E-state index is 0.281. The van der Waals surface area contributed by atoms with E-state index in [-0.39, 0.29) is 18.4 Å². The van der Waals surface area contributed by atoms with Crippen LogP contribution in [0.5, 0.6) is 0 Å². The van der Waals surface area contributed by atoms with Crippen LogP contribution in [0, 0.1) is 0 Å². The fourth-order valence-corrected chi connectivity index (χ4v) is 3.96. The molecule has 1 aliphatic carbocycles. The predicted molar refractivity (Wildman–Crippen MR) is 104 cm³/mol. The predicted octanol–water partition coefficient (Wildman–Crippen LogP) is 1.32. The zero-order valence-corrected chi connectivity index (χ0v) is 15.4. The van der Waals surface area contributed by atoms with Crippen molar-refractivity contribution in [2.24, 2.45) is 0 Å². The first-order valence-corrected chi connectivity index (χ1v) is 9.33. The van der Waals surface area contributed by atoms with Gasteiger partial charge < -0.3 is 16.4 Å². The van der Waals surface area contributed by atoms with E-state index in [2.05, 4.69) is 10.6 Å². The average Bonchev–Trinajstić information content (AvgIpc) is 3.17. The number of nitrogen functional groups attached to an aromatic ring is 1. The van der Waals surface area contributed by atoms with Crippen LogP contribution in [-0.2, 0) is 28.0 Å². The number of carbonyl (C=O) groups excluding carboxylic acids is 3. The van der Waals surface area contributed by atoms with Gasteiger partial charge in [0.2, 0.25) is 5.91 Å². The second-order valence-electron chi connectivity index (χ2n) is 7.23. The molecule has 2 aromatic carbocycles. The largest absolute Gasteiger partial charge is 0.399 e. The highest BCUT2D eigenvalue weighted by Gasteiger charge is 2.55. The van der Waals surface area contributed by atoms with E-state index in [9.17, 15) is 14.4 Å². The van der Waals surface area contributed by atoms with Gasteiger partial charge in [0.15, 0.2) is 0 Å². The van der Waals surface area contributed by atoms with E-state index >= 15 is 0 Å². The van der Waals surface area contributed by atoms with Crippen molar-refractivity contribution in [3.63, 3.8) is 0 Å². The molecule has 2 aromatic rings. The number of carbonyl (C=O) groups is 3. The Morgan fingerprint density at radius 2 is 1.89 bits per heavy atom. The summed E-state index contributed by atoms with van der Waals surface area (Å²) in [4.78, 5) is 38.7. The quantitative estimate of drug-likeness (QED) is 0.539. The maximum Gasteiger partial charge on any atom is 0.325 e. The number of nitrogens with one attached hydrogen (secondary N) is 2. The Hall–Kier alpha value is -3.35. The van der Waals surface area contributed by atoms with E-state index in [0.29, 0.717) is 25.1 Å². The number of benzene rings is 2. The maximum atomic E-state index is 13.0. The molecule has 28 heavy (non-hydrogen) atoms. The fourth-order valence-electron chi connectivity index (χ4n) is 3.96. The van der Waals surface area contributed by atoms with Crippen LogP contribution in [-0.4, -0.2) is 35.8 Å². The van der Waals surface area contributed by atoms with Crippen LogP contribution in [0.15, 0.2) is 48.5 Å². The molecular weight excluding hydrogens is 356 g/mol. The van der Waals surface area contributed by atoms with Crippen molar-refractivity contribution in [3.05, 3.63) is 65.2 Å². The number of nitrogens with zero attached hydrogens (tertiary/aromatic N) is 1. The standard InChI is InChI=1S/C21H22N4O3/c22-16-7-5-14(6-8-16)10-12-23-18(26)13-25-19(27)21(24-20(25)28)11-9-15-3-1-2-4-17(15)21/h1-8H,9-13,22H2,(H,23,26)(H,24,28). The smallest absolute Gasteiger partial charge is 0.325 e. The van der Waals surface area contributed by atoms with Crippen LogP contribution in [0.1, 0.15) is 23.1 Å². The number of urea groups is 1. The van der Waals surface area contributed by atoms with Crippen molar-refractivity contribution in [2.75, 3.05) is 18.8 Å². The Labute approximate surface area is 162 Å². The van der Waals surface area contributed by atoms with Crippen LogP contribution in [0.3, 0.4) is 0 Å². The summed E-state index contributed by atoms with van der Waals surface area (Å²) in [5, 5.41) is 5.59. The summed E-state index contributed by atoms with van der Waals surface area (Å²) in [5.74, 6) is -0.710. The third-order valence-corrected chi connectivity index (χ3v) is 5.44. The number of amides is 4. The van der Waals surface area contributed by atoms with Gasteiger partial charge in [-0.15, -0.1) is 0 Å². The molecule has 0 aromatic heterocycles. The molecule has 1 aliphatic heterocycles. The molecule has 0 bridgehead atoms. The Morgan fingerprint density at radius 3 is 2.68 bits per heavy atom. The van der Waals surface area contributed by atoms with Gasteiger partial charge in [-0.05, 0) is 48.1 Å². The summed E-state index contributed by atoms with van der Waals surface area (Å²) in [5.41, 5.74) is 8.26. The molecule has 1 heterocycles. The summed E-state index contributed by atoms with van der Waals surface area (Å²) in [7, 11) is 0. The van der Waals surface area contributed by atoms with Gasteiger partial charge in [-0.2, -0.15) is 0 Å². The number of aryl methyl sites for hydroxylation is 1.